The molecule has 0 aliphatic carbocycles. The number of nitrogens with one attached hydrogen (secondary N) is 1. The summed E-state index contributed by atoms with van der Waals surface area (Å²) in [5.41, 5.74) is 2.41. The Morgan fingerprint density at radius 2 is 1.97 bits per heavy atom. The normalized spacial score (nSPS) is 11.7. The molecule has 0 saturated heterocycles. The Morgan fingerprint density at radius 3 is 2.58 bits per heavy atom. The Morgan fingerprint density at radius 1 is 1.23 bits per heavy atom. The molecule has 0 spiro atoms. The van der Waals surface area contributed by atoms with Gasteiger partial charge in [-0.3, -0.25) is 0 Å². The van der Waals surface area contributed by atoms with Gasteiger partial charge in [-0.05, 0) is 42.9 Å². The van der Waals surface area contributed by atoms with Gasteiger partial charge in [-0.25, -0.2) is 9.78 Å². The molecule has 2 heterocycles. The monoisotopic (exact) mass is 458 g/mol. The molecule has 3 aromatic rings. The topological polar surface area (TPSA) is 71.5 Å². The highest BCUT2D eigenvalue weighted by atomic mass is 32.1. The SMILES string of the molecule is CCOc1cccc(-c2nc(Nc3cc(C(C)(C)C)sc3C(=O)O)sc2CC(C)C)c1. The van der Waals surface area contributed by atoms with Crippen LogP contribution in [0.2, 0.25) is 0 Å². The summed E-state index contributed by atoms with van der Waals surface area (Å²) in [7, 11) is 0. The molecule has 7 heteroatoms. The van der Waals surface area contributed by atoms with Gasteiger partial charge in [0, 0.05) is 15.3 Å². The molecule has 0 bridgehead atoms. The van der Waals surface area contributed by atoms with E-state index in [0.29, 0.717) is 28.2 Å². The van der Waals surface area contributed by atoms with Gasteiger partial charge < -0.3 is 15.2 Å². The zero-order valence-electron chi connectivity index (χ0n) is 18.9. The van der Waals surface area contributed by atoms with Crippen LogP contribution in [-0.2, 0) is 11.8 Å². The summed E-state index contributed by atoms with van der Waals surface area (Å²) in [6.45, 7) is 13.2. The van der Waals surface area contributed by atoms with Crippen molar-refractivity contribution in [2.24, 2.45) is 5.92 Å². The van der Waals surface area contributed by atoms with Crippen molar-refractivity contribution >= 4 is 39.5 Å². The fourth-order valence-corrected chi connectivity index (χ4v) is 5.39. The summed E-state index contributed by atoms with van der Waals surface area (Å²) in [5.74, 6) is 0.371. The molecular weight excluding hydrogens is 428 g/mol. The molecule has 0 atom stereocenters. The largest absolute Gasteiger partial charge is 0.494 e. The van der Waals surface area contributed by atoms with E-state index in [1.165, 1.54) is 16.2 Å². The van der Waals surface area contributed by atoms with Crippen LogP contribution in [0.1, 0.15) is 61.0 Å². The molecule has 0 unspecified atom stereocenters. The molecular formula is C24H30N2O3S2. The molecule has 1 aromatic carbocycles. The zero-order chi connectivity index (χ0) is 22.8. The van der Waals surface area contributed by atoms with Gasteiger partial charge in [0.05, 0.1) is 18.0 Å². The first-order chi connectivity index (χ1) is 14.6. The molecule has 0 radical (unpaired) electrons. The van der Waals surface area contributed by atoms with Crippen molar-refractivity contribution < 1.29 is 14.6 Å². The number of aromatic carboxylic acids is 1. The van der Waals surface area contributed by atoms with E-state index in [-0.39, 0.29) is 5.41 Å². The average molecular weight is 459 g/mol. The minimum atomic E-state index is -0.924. The molecule has 3 rings (SSSR count). The highest BCUT2D eigenvalue weighted by Gasteiger charge is 2.24. The van der Waals surface area contributed by atoms with Crippen LogP contribution in [0.5, 0.6) is 5.75 Å². The van der Waals surface area contributed by atoms with Crippen LogP contribution in [0.4, 0.5) is 10.8 Å². The first-order valence-electron chi connectivity index (χ1n) is 10.5. The lowest BCUT2D eigenvalue weighted by Crippen LogP contribution is -2.08. The average Bonchev–Trinajstić information content (AvgIpc) is 3.26. The van der Waals surface area contributed by atoms with E-state index in [9.17, 15) is 9.90 Å². The summed E-state index contributed by atoms with van der Waals surface area (Å²) < 4.78 is 5.66. The van der Waals surface area contributed by atoms with Gasteiger partial charge in [-0.15, -0.1) is 22.7 Å². The fourth-order valence-electron chi connectivity index (χ4n) is 3.17. The number of carbonyl (C=O) groups is 1. The van der Waals surface area contributed by atoms with Crippen molar-refractivity contribution in [1.29, 1.82) is 0 Å². The second kappa shape index (κ2) is 9.40. The molecule has 0 aliphatic rings. The highest BCUT2D eigenvalue weighted by molar-refractivity contribution is 7.16. The number of thiazole rings is 1. The van der Waals surface area contributed by atoms with Crippen LogP contribution >= 0.6 is 22.7 Å². The predicted octanol–water partition coefficient (Wildman–Crippen LogP) is 7.21. The molecule has 166 valence electrons. The van der Waals surface area contributed by atoms with Crippen LogP contribution in [0.3, 0.4) is 0 Å². The summed E-state index contributed by atoms with van der Waals surface area (Å²) in [6.07, 6.45) is 0.899. The minimum Gasteiger partial charge on any atom is -0.494 e. The van der Waals surface area contributed by atoms with E-state index >= 15 is 0 Å². The number of ether oxygens (including phenoxy) is 1. The molecule has 0 amide bonds. The van der Waals surface area contributed by atoms with Crippen LogP contribution in [-0.4, -0.2) is 22.7 Å². The van der Waals surface area contributed by atoms with Gasteiger partial charge in [0.25, 0.3) is 0 Å². The van der Waals surface area contributed by atoms with E-state index in [1.807, 2.05) is 37.3 Å². The van der Waals surface area contributed by atoms with E-state index in [2.05, 4.69) is 39.9 Å². The maximum absolute atomic E-state index is 11.8. The van der Waals surface area contributed by atoms with Crippen LogP contribution in [0.25, 0.3) is 11.3 Å². The van der Waals surface area contributed by atoms with Crippen LogP contribution in [0, 0.1) is 5.92 Å². The number of hydrogen-bond acceptors (Lipinski definition) is 6. The van der Waals surface area contributed by atoms with Crippen molar-refractivity contribution in [2.75, 3.05) is 11.9 Å². The molecule has 31 heavy (non-hydrogen) atoms. The number of aromatic nitrogens is 1. The lowest BCUT2D eigenvalue weighted by molar-refractivity contribution is 0.0703. The fraction of sp³-hybridized carbons (Fsp3) is 0.417. The second-order valence-corrected chi connectivity index (χ2v) is 11.0. The standard InChI is InChI=1S/C24H30N2O3S2/c1-7-29-16-10-8-9-15(12-16)20-18(11-14(2)3)30-23(26-20)25-17-13-19(24(4,5)6)31-21(17)22(27)28/h8-10,12-14H,7,11H2,1-6H3,(H,25,26)(H,27,28). The van der Waals surface area contributed by atoms with Gasteiger partial charge >= 0.3 is 5.97 Å². The maximum atomic E-state index is 11.8. The molecule has 2 N–H and O–H groups in total. The van der Waals surface area contributed by atoms with Gasteiger partial charge in [0.2, 0.25) is 0 Å². The van der Waals surface area contributed by atoms with Gasteiger partial charge in [-0.2, -0.15) is 0 Å². The number of hydrogen-bond donors (Lipinski definition) is 2. The molecule has 0 saturated carbocycles. The predicted molar refractivity (Wildman–Crippen MR) is 131 cm³/mol. The van der Waals surface area contributed by atoms with E-state index in [1.54, 1.807) is 11.3 Å². The number of benzene rings is 1. The first kappa shape index (κ1) is 23.3. The third kappa shape index (κ3) is 5.66. The summed E-state index contributed by atoms with van der Waals surface area (Å²) in [6, 6.07) is 9.91. The number of carboxylic acid groups (broad SMARTS) is 1. The second-order valence-electron chi connectivity index (χ2n) is 8.88. The Hall–Kier alpha value is -2.38. The number of thiophene rings is 1. The molecule has 0 fully saturated rings. The van der Waals surface area contributed by atoms with Crippen LogP contribution < -0.4 is 10.1 Å². The zero-order valence-corrected chi connectivity index (χ0v) is 20.5. The summed E-state index contributed by atoms with van der Waals surface area (Å²) in [4.78, 5) is 19.2. The van der Waals surface area contributed by atoms with E-state index in [4.69, 9.17) is 9.72 Å². The Kier molecular flexibility index (Phi) is 7.06. The van der Waals surface area contributed by atoms with Crippen molar-refractivity contribution in [3.8, 4) is 17.0 Å². The van der Waals surface area contributed by atoms with Gasteiger partial charge in [0.15, 0.2) is 5.13 Å². The quantitative estimate of drug-likeness (QED) is 0.373. The lowest BCUT2D eigenvalue weighted by Gasteiger charge is -2.15. The Bertz CT molecular complexity index is 1060. The van der Waals surface area contributed by atoms with E-state index in [0.717, 1.165) is 28.3 Å². The van der Waals surface area contributed by atoms with E-state index < -0.39 is 5.97 Å². The summed E-state index contributed by atoms with van der Waals surface area (Å²) in [5, 5.41) is 13.7. The first-order valence-corrected chi connectivity index (χ1v) is 12.1. The van der Waals surface area contributed by atoms with Crippen molar-refractivity contribution in [3.63, 3.8) is 0 Å². The number of carboxylic acids is 1. The highest BCUT2D eigenvalue weighted by Crippen LogP contribution is 2.40. The smallest absolute Gasteiger partial charge is 0.348 e. The summed E-state index contributed by atoms with van der Waals surface area (Å²) >= 11 is 2.90. The Labute approximate surface area is 192 Å². The molecule has 2 aromatic heterocycles. The lowest BCUT2D eigenvalue weighted by atomic mass is 9.94. The number of nitrogens with zero attached hydrogens (tertiary/aromatic N) is 1. The number of rotatable bonds is 8. The van der Waals surface area contributed by atoms with Gasteiger partial charge in [0.1, 0.15) is 10.6 Å². The third-order valence-electron chi connectivity index (χ3n) is 4.62. The van der Waals surface area contributed by atoms with Crippen LogP contribution in [0.15, 0.2) is 30.3 Å². The van der Waals surface area contributed by atoms with Crippen molar-refractivity contribution in [2.45, 2.75) is 53.4 Å². The van der Waals surface area contributed by atoms with Gasteiger partial charge in [-0.1, -0.05) is 46.8 Å². The third-order valence-corrected chi connectivity index (χ3v) is 7.16. The van der Waals surface area contributed by atoms with Crippen molar-refractivity contribution in [3.05, 3.63) is 45.0 Å². The molecule has 5 nitrogen and oxygen atoms in total. The minimum absolute atomic E-state index is 0.120. The maximum Gasteiger partial charge on any atom is 0.348 e. The molecule has 0 aliphatic heterocycles. The Balaban J connectivity index is 2.01. The number of anilines is 2. The van der Waals surface area contributed by atoms with Crippen molar-refractivity contribution in [1.82, 2.24) is 4.98 Å².